The molecule has 0 radical (unpaired) electrons. The standard InChI is InChI=1S/C22H18ClN5O3S/c1-15-3-2-4-17(11-15)27-32(30,31)19-9-10-21(23)20(12-19)22(29)26-16-5-7-18(8-6-16)28-14-24-13-25-28/h2-14,27H,1H3,(H,26,29). The molecule has 0 aliphatic heterocycles. The molecule has 0 saturated carbocycles. The molecule has 0 aliphatic rings. The molecule has 0 spiro atoms. The van der Waals surface area contributed by atoms with Crippen molar-refractivity contribution in [2.45, 2.75) is 11.8 Å². The van der Waals surface area contributed by atoms with Gasteiger partial charge in [-0.15, -0.1) is 0 Å². The zero-order chi connectivity index (χ0) is 22.7. The van der Waals surface area contributed by atoms with Gasteiger partial charge in [-0.3, -0.25) is 9.52 Å². The molecule has 1 heterocycles. The van der Waals surface area contributed by atoms with Crippen LogP contribution in [0.5, 0.6) is 0 Å². The maximum Gasteiger partial charge on any atom is 0.261 e. The minimum Gasteiger partial charge on any atom is -0.322 e. The van der Waals surface area contributed by atoms with Gasteiger partial charge >= 0.3 is 0 Å². The van der Waals surface area contributed by atoms with Crippen molar-refractivity contribution in [3.63, 3.8) is 0 Å². The van der Waals surface area contributed by atoms with E-state index in [0.717, 1.165) is 11.3 Å². The Morgan fingerprint density at radius 1 is 1.00 bits per heavy atom. The van der Waals surface area contributed by atoms with E-state index in [2.05, 4.69) is 20.1 Å². The fourth-order valence-corrected chi connectivity index (χ4v) is 4.28. The van der Waals surface area contributed by atoms with Crippen molar-refractivity contribution in [1.29, 1.82) is 0 Å². The number of carbonyl (C=O) groups excluding carboxylic acids is 1. The molecule has 0 aliphatic carbocycles. The SMILES string of the molecule is Cc1cccc(NS(=O)(=O)c2ccc(Cl)c(C(=O)Nc3ccc(-n4cncn4)cc3)c2)c1. The van der Waals surface area contributed by atoms with E-state index in [9.17, 15) is 13.2 Å². The van der Waals surface area contributed by atoms with Gasteiger partial charge in [-0.25, -0.2) is 18.1 Å². The third kappa shape index (κ3) is 4.79. The first-order chi connectivity index (χ1) is 15.3. The topological polar surface area (TPSA) is 106 Å². The van der Waals surface area contributed by atoms with Gasteiger partial charge in [0, 0.05) is 11.4 Å². The molecule has 0 atom stereocenters. The van der Waals surface area contributed by atoms with E-state index in [1.807, 2.05) is 13.0 Å². The normalized spacial score (nSPS) is 11.2. The van der Waals surface area contributed by atoms with Crippen LogP contribution >= 0.6 is 11.6 Å². The lowest BCUT2D eigenvalue weighted by molar-refractivity contribution is 0.102. The third-order valence-corrected chi connectivity index (χ3v) is 6.28. The summed E-state index contributed by atoms with van der Waals surface area (Å²) < 4.78 is 29.7. The smallest absolute Gasteiger partial charge is 0.261 e. The highest BCUT2D eigenvalue weighted by atomic mass is 35.5. The fourth-order valence-electron chi connectivity index (χ4n) is 3.01. The maximum atomic E-state index is 12.8. The monoisotopic (exact) mass is 467 g/mol. The van der Waals surface area contributed by atoms with Crippen LogP contribution in [0.4, 0.5) is 11.4 Å². The molecule has 4 aromatic rings. The molecular weight excluding hydrogens is 450 g/mol. The molecule has 1 aromatic heterocycles. The van der Waals surface area contributed by atoms with Crippen LogP contribution in [-0.2, 0) is 10.0 Å². The van der Waals surface area contributed by atoms with Crippen LogP contribution in [0.2, 0.25) is 5.02 Å². The summed E-state index contributed by atoms with van der Waals surface area (Å²) in [7, 11) is -3.91. The first-order valence-electron chi connectivity index (χ1n) is 9.47. The predicted molar refractivity (Wildman–Crippen MR) is 123 cm³/mol. The Morgan fingerprint density at radius 2 is 1.78 bits per heavy atom. The Morgan fingerprint density at radius 3 is 2.47 bits per heavy atom. The van der Waals surface area contributed by atoms with Crippen molar-refractivity contribution in [2.75, 3.05) is 10.0 Å². The van der Waals surface area contributed by atoms with Gasteiger partial charge in [-0.2, -0.15) is 5.10 Å². The van der Waals surface area contributed by atoms with Gasteiger partial charge in [0.2, 0.25) is 0 Å². The molecule has 0 saturated heterocycles. The van der Waals surface area contributed by atoms with Crippen molar-refractivity contribution < 1.29 is 13.2 Å². The quantitative estimate of drug-likeness (QED) is 0.440. The van der Waals surface area contributed by atoms with Crippen molar-refractivity contribution in [1.82, 2.24) is 14.8 Å². The highest BCUT2D eigenvalue weighted by molar-refractivity contribution is 7.92. The minimum absolute atomic E-state index is 0.0409. The molecule has 2 N–H and O–H groups in total. The van der Waals surface area contributed by atoms with Crippen LogP contribution < -0.4 is 10.0 Å². The molecular formula is C22H18ClN5O3S. The summed E-state index contributed by atoms with van der Waals surface area (Å²) in [5.41, 5.74) is 2.67. The van der Waals surface area contributed by atoms with Crippen molar-refractivity contribution >= 4 is 38.9 Å². The molecule has 4 rings (SSSR count). The number of carbonyl (C=O) groups is 1. The second-order valence-electron chi connectivity index (χ2n) is 6.96. The number of benzene rings is 3. The van der Waals surface area contributed by atoms with Gasteiger partial charge < -0.3 is 5.32 Å². The van der Waals surface area contributed by atoms with Crippen LogP contribution in [0.3, 0.4) is 0 Å². The molecule has 8 nitrogen and oxygen atoms in total. The Labute approximate surface area is 189 Å². The van der Waals surface area contributed by atoms with Crippen molar-refractivity contribution in [2.24, 2.45) is 0 Å². The van der Waals surface area contributed by atoms with Gasteiger partial charge in [-0.1, -0.05) is 23.7 Å². The van der Waals surface area contributed by atoms with Gasteiger partial charge in [0.25, 0.3) is 15.9 Å². The molecule has 0 bridgehead atoms. The Bertz CT molecular complexity index is 1370. The Kier molecular flexibility index (Phi) is 5.93. The lowest BCUT2D eigenvalue weighted by atomic mass is 10.2. The molecule has 1 amide bonds. The highest BCUT2D eigenvalue weighted by Crippen LogP contribution is 2.24. The molecule has 0 unspecified atom stereocenters. The van der Waals surface area contributed by atoms with Gasteiger partial charge in [0.05, 0.1) is 21.2 Å². The number of nitrogens with zero attached hydrogens (tertiary/aromatic N) is 3. The number of anilines is 2. The second kappa shape index (κ2) is 8.81. The second-order valence-corrected chi connectivity index (χ2v) is 9.05. The van der Waals surface area contributed by atoms with Gasteiger partial charge in [-0.05, 0) is 67.1 Å². The lowest BCUT2D eigenvalue weighted by Crippen LogP contribution is -2.16. The average molecular weight is 468 g/mol. The van der Waals surface area contributed by atoms with Crippen LogP contribution in [0.1, 0.15) is 15.9 Å². The average Bonchev–Trinajstić information content (AvgIpc) is 3.29. The highest BCUT2D eigenvalue weighted by Gasteiger charge is 2.19. The molecule has 3 aromatic carbocycles. The van der Waals surface area contributed by atoms with E-state index >= 15 is 0 Å². The number of aromatic nitrogens is 3. The van der Waals surface area contributed by atoms with Gasteiger partial charge in [0.15, 0.2) is 0 Å². The van der Waals surface area contributed by atoms with Crippen molar-refractivity contribution in [3.05, 3.63) is 95.5 Å². The zero-order valence-corrected chi connectivity index (χ0v) is 18.4. The molecule has 10 heteroatoms. The van der Waals surface area contributed by atoms with Gasteiger partial charge in [0.1, 0.15) is 12.7 Å². The van der Waals surface area contributed by atoms with Crippen LogP contribution in [0.25, 0.3) is 5.69 Å². The van der Waals surface area contributed by atoms with Crippen molar-refractivity contribution in [3.8, 4) is 5.69 Å². The number of sulfonamides is 1. The maximum absolute atomic E-state index is 12.8. The van der Waals surface area contributed by atoms with Crippen LogP contribution in [0, 0.1) is 6.92 Å². The van der Waals surface area contributed by atoms with E-state index in [0.29, 0.717) is 11.4 Å². The number of halogens is 1. The van der Waals surface area contributed by atoms with E-state index in [-0.39, 0.29) is 15.5 Å². The number of nitrogens with one attached hydrogen (secondary N) is 2. The Hall–Kier alpha value is -3.69. The van der Waals surface area contributed by atoms with E-state index < -0.39 is 15.9 Å². The van der Waals surface area contributed by atoms with E-state index in [1.54, 1.807) is 53.5 Å². The minimum atomic E-state index is -3.91. The lowest BCUT2D eigenvalue weighted by Gasteiger charge is -2.12. The summed E-state index contributed by atoms with van der Waals surface area (Å²) in [6.07, 6.45) is 2.98. The summed E-state index contributed by atoms with van der Waals surface area (Å²) in [4.78, 5) is 16.6. The number of hydrogen-bond acceptors (Lipinski definition) is 5. The summed E-state index contributed by atoms with van der Waals surface area (Å²) in [6, 6.07) is 17.9. The zero-order valence-electron chi connectivity index (χ0n) is 16.9. The number of amides is 1. The summed E-state index contributed by atoms with van der Waals surface area (Å²) in [5.74, 6) is -0.531. The summed E-state index contributed by atoms with van der Waals surface area (Å²) in [6.45, 7) is 1.86. The summed E-state index contributed by atoms with van der Waals surface area (Å²) >= 11 is 6.19. The van der Waals surface area contributed by atoms with E-state index in [1.165, 1.54) is 24.5 Å². The number of rotatable bonds is 6. The number of aryl methyl sites for hydroxylation is 1. The van der Waals surface area contributed by atoms with Crippen LogP contribution in [0.15, 0.2) is 84.3 Å². The largest absolute Gasteiger partial charge is 0.322 e. The third-order valence-electron chi connectivity index (χ3n) is 4.57. The van der Waals surface area contributed by atoms with Crippen LogP contribution in [-0.4, -0.2) is 29.1 Å². The van der Waals surface area contributed by atoms with E-state index in [4.69, 9.17) is 11.6 Å². The molecule has 0 fully saturated rings. The first-order valence-corrected chi connectivity index (χ1v) is 11.3. The molecule has 162 valence electrons. The Balaban J connectivity index is 1.54. The fraction of sp³-hybridized carbons (Fsp3) is 0.0455. The molecule has 32 heavy (non-hydrogen) atoms. The number of hydrogen-bond donors (Lipinski definition) is 2. The summed E-state index contributed by atoms with van der Waals surface area (Å²) in [5, 5.41) is 6.90. The first kappa shape index (κ1) is 21.5. The predicted octanol–water partition coefficient (Wildman–Crippen LogP) is 4.28.